The molecule has 1 amide bonds. The number of hydrogen-bond acceptors (Lipinski definition) is 3. The van der Waals surface area contributed by atoms with E-state index in [4.69, 9.17) is 5.73 Å². The minimum atomic E-state index is -0.0825. The van der Waals surface area contributed by atoms with Crippen LogP contribution in [0.25, 0.3) is 0 Å². The molecule has 2 aromatic rings. The number of aromatic amines is 1. The van der Waals surface area contributed by atoms with Crippen LogP contribution in [0.1, 0.15) is 40.2 Å². The zero-order valence-corrected chi connectivity index (χ0v) is 12.4. The highest BCUT2D eigenvalue weighted by molar-refractivity contribution is 5.97. The van der Waals surface area contributed by atoms with Gasteiger partial charge in [0.1, 0.15) is 0 Å². The summed E-state index contributed by atoms with van der Waals surface area (Å²) >= 11 is 0. The Kier molecular flexibility index (Phi) is 3.41. The van der Waals surface area contributed by atoms with Crippen molar-refractivity contribution in [1.82, 2.24) is 15.1 Å². The zero-order chi connectivity index (χ0) is 15.0. The smallest absolute Gasteiger partial charge is 0.277 e. The average molecular weight is 284 g/mol. The summed E-state index contributed by atoms with van der Waals surface area (Å²) in [5.41, 5.74) is 9.81. The van der Waals surface area contributed by atoms with Crippen LogP contribution in [0.15, 0.2) is 24.3 Å². The van der Waals surface area contributed by atoms with Gasteiger partial charge in [-0.25, -0.2) is 0 Å². The van der Waals surface area contributed by atoms with Crippen LogP contribution in [0.3, 0.4) is 0 Å². The molecule has 3 rings (SSSR count). The molecule has 0 aliphatic heterocycles. The van der Waals surface area contributed by atoms with Crippen molar-refractivity contribution < 1.29 is 4.79 Å². The SMILES string of the molecule is Cc1cccc(CN(C(=O)c2n[nH]c(C)c2N)C2CC2)c1. The molecule has 21 heavy (non-hydrogen) atoms. The molecule has 1 heterocycles. The van der Waals surface area contributed by atoms with Crippen molar-refractivity contribution in [3.05, 3.63) is 46.8 Å². The van der Waals surface area contributed by atoms with Gasteiger partial charge in [0.05, 0.1) is 11.4 Å². The molecule has 0 unspecified atom stereocenters. The third kappa shape index (κ3) is 2.77. The molecule has 0 spiro atoms. The molecule has 5 nitrogen and oxygen atoms in total. The van der Waals surface area contributed by atoms with Gasteiger partial charge in [-0.1, -0.05) is 29.8 Å². The molecule has 1 aliphatic rings. The van der Waals surface area contributed by atoms with Gasteiger partial charge in [-0.05, 0) is 32.3 Å². The van der Waals surface area contributed by atoms with E-state index in [2.05, 4.69) is 35.3 Å². The Morgan fingerprint density at radius 2 is 2.19 bits per heavy atom. The number of nitrogens with one attached hydrogen (secondary N) is 1. The maximum atomic E-state index is 12.7. The lowest BCUT2D eigenvalue weighted by molar-refractivity contribution is 0.0725. The van der Waals surface area contributed by atoms with Crippen molar-refractivity contribution in [2.24, 2.45) is 0 Å². The number of benzene rings is 1. The van der Waals surface area contributed by atoms with E-state index in [0.717, 1.165) is 24.1 Å². The quantitative estimate of drug-likeness (QED) is 0.905. The summed E-state index contributed by atoms with van der Waals surface area (Å²) in [5, 5.41) is 6.85. The zero-order valence-electron chi connectivity index (χ0n) is 12.4. The number of rotatable bonds is 4. The number of nitrogens with two attached hydrogens (primary N) is 1. The Bertz CT molecular complexity index is 673. The number of nitrogen functional groups attached to an aromatic ring is 1. The lowest BCUT2D eigenvalue weighted by Gasteiger charge is -2.22. The van der Waals surface area contributed by atoms with Crippen molar-refractivity contribution in [1.29, 1.82) is 0 Å². The first-order valence-corrected chi connectivity index (χ1v) is 7.23. The lowest BCUT2D eigenvalue weighted by Crippen LogP contribution is -2.33. The van der Waals surface area contributed by atoms with E-state index in [1.165, 1.54) is 5.56 Å². The summed E-state index contributed by atoms with van der Waals surface area (Å²) in [5.74, 6) is -0.0825. The number of anilines is 1. The molecular weight excluding hydrogens is 264 g/mol. The van der Waals surface area contributed by atoms with Crippen LogP contribution in [0.5, 0.6) is 0 Å². The minimum Gasteiger partial charge on any atom is -0.395 e. The molecule has 1 fully saturated rings. The predicted octanol–water partition coefficient (Wildman–Crippen LogP) is 2.41. The van der Waals surface area contributed by atoms with Gasteiger partial charge in [0.15, 0.2) is 5.69 Å². The molecular formula is C16H20N4O. The lowest BCUT2D eigenvalue weighted by atomic mass is 10.1. The van der Waals surface area contributed by atoms with Crippen LogP contribution >= 0.6 is 0 Å². The summed E-state index contributed by atoms with van der Waals surface area (Å²) in [6, 6.07) is 8.56. The van der Waals surface area contributed by atoms with Gasteiger partial charge in [0.2, 0.25) is 0 Å². The maximum absolute atomic E-state index is 12.7. The van der Waals surface area contributed by atoms with E-state index in [9.17, 15) is 4.79 Å². The molecule has 1 aromatic heterocycles. The highest BCUT2D eigenvalue weighted by Crippen LogP contribution is 2.30. The third-order valence-electron chi connectivity index (χ3n) is 3.88. The summed E-state index contributed by atoms with van der Waals surface area (Å²) in [4.78, 5) is 14.6. The van der Waals surface area contributed by atoms with Gasteiger partial charge >= 0.3 is 0 Å². The summed E-state index contributed by atoms with van der Waals surface area (Å²) < 4.78 is 0. The standard InChI is InChI=1S/C16H20N4O/c1-10-4-3-5-12(8-10)9-20(13-6-7-13)16(21)15-14(17)11(2)18-19-15/h3-5,8,13H,6-7,9,17H2,1-2H3,(H,18,19). The van der Waals surface area contributed by atoms with Crippen molar-refractivity contribution >= 4 is 11.6 Å². The van der Waals surface area contributed by atoms with Gasteiger partial charge in [-0.2, -0.15) is 5.10 Å². The van der Waals surface area contributed by atoms with E-state index >= 15 is 0 Å². The topological polar surface area (TPSA) is 75.0 Å². The number of aryl methyl sites for hydroxylation is 2. The minimum absolute atomic E-state index is 0.0825. The first-order valence-electron chi connectivity index (χ1n) is 7.23. The Labute approximate surface area is 124 Å². The maximum Gasteiger partial charge on any atom is 0.277 e. The summed E-state index contributed by atoms with van der Waals surface area (Å²) in [6.45, 7) is 4.49. The monoisotopic (exact) mass is 284 g/mol. The van der Waals surface area contributed by atoms with Crippen molar-refractivity contribution in [2.45, 2.75) is 39.3 Å². The van der Waals surface area contributed by atoms with E-state index in [-0.39, 0.29) is 5.91 Å². The highest BCUT2D eigenvalue weighted by Gasteiger charge is 2.34. The number of carbonyl (C=O) groups excluding carboxylic acids is 1. The summed E-state index contributed by atoms with van der Waals surface area (Å²) in [6.07, 6.45) is 2.11. The van der Waals surface area contributed by atoms with Gasteiger partial charge in [0, 0.05) is 12.6 Å². The van der Waals surface area contributed by atoms with Crippen LogP contribution in [0.4, 0.5) is 5.69 Å². The number of hydrogen-bond donors (Lipinski definition) is 2. The van der Waals surface area contributed by atoms with Crippen LogP contribution in [-0.4, -0.2) is 27.0 Å². The number of carbonyl (C=O) groups is 1. The largest absolute Gasteiger partial charge is 0.395 e. The highest BCUT2D eigenvalue weighted by atomic mass is 16.2. The second-order valence-corrected chi connectivity index (χ2v) is 5.76. The van der Waals surface area contributed by atoms with E-state index < -0.39 is 0 Å². The van der Waals surface area contributed by atoms with Crippen molar-refractivity contribution in [3.8, 4) is 0 Å². The van der Waals surface area contributed by atoms with Gasteiger partial charge in [-0.3, -0.25) is 9.89 Å². The van der Waals surface area contributed by atoms with E-state index in [1.54, 1.807) is 0 Å². The fourth-order valence-corrected chi connectivity index (χ4v) is 2.50. The molecule has 5 heteroatoms. The number of aromatic nitrogens is 2. The Morgan fingerprint density at radius 3 is 2.76 bits per heavy atom. The predicted molar refractivity (Wildman–Crippen MR) is 81.8 cm³/mol. The van der Waals surface area contributed by atoms with Gasteiger partial charge < -0.3 is 10.6 Å². The molecule has 3 N–H and O–H groups in total. The van der Waals surface area contributed by atoms with Crippen LogP contribution in [-0.2, 0) is 6.54 Å². The molecule has 1 saturated carbocycles. The number of nitrogens with zero attached hydrogens (tertiary/aromatic N) is 2. The fourth-order valence-electron chi connectivity index (χ4n) is 2.50. The molecule has 110 valence electrons. The summed E-state index contributed by atoms with van der Waals surface area (Å²) in [7, 11) is 0. The van der Waals surface area contributed by atoms with E-state index in [1.807, 2.05) is 17.9 Å². The van der Waals surface area contributed by atoms with Gasteiger partial charge in [-0.15, -0.1) is 0 Å². The van der Waals surface area contributed by atoms with Crippen molar-refractivity contribution in [2.75, 3.05) is 5.73 Å². The van der Waals surface area contributed by atoms with Crippen LogP contribution in [0, 0.1) is 13.8 Å². The molecule has 1 aromatic carbocycles. The normalized spacial score (nSPS) is 14.2. The number of amides is 1. The number of H-pyrrole nitrogens is 1. The molecule has 0 saturated heterocycles. The average Bonchev–Trinajstić information content (AvgIpc) is 3.23. The Hall–Kier alpha value is -2.30. The first-order chi connectivity index (χ1) is 10.1. The second-order valence-electron chi connectivity index (χ2n) is 5.76. The second kappa shape index (κ2) is 5.24. The molecule has 0 bridgehead atoms. The van der Waals surface area contributed by atoms with Gasteiger partial charge in [0.25, 0.3) is 5.91 Å². The fraction of sp³-hybridized carbons (Fsp3) is 0.375. The van der Waals surface area contributed by atoms with Crippen LogP contribution in [0.2, 0.25) is 0 Å². The first kappa shape index (κ1) is 13.7. The van der Waals surface area contributed by atoms with Crippen molar-refractivity contribution in [3.63, 3.8) is 0 Å². The Morgan fingerprint density at radius 1 is 1.43 bits per heavy atom. The molecule has 0 radical (unpaired) electrons. The molecule has 1 aliphatic carbocycles. The molecule has 0 atom stereocenters. The third-order valence-corrected chi connectivity index (χ3v) is 3.88. The Balaban J connectivity index is 1.85. The van der Waals surface area contributed by atoms with E-state index in [0.29, 0.717) is 24.0 Å². The van der Waals surface area contributed by atoms with Crippen LogP contribution < -0.4 is 5.73 Å².